The molecule has 0 bridgehead atoms. The van der Waals surface area contributed by atoms with Crippen LogP contribution in [0.1, 0.15) is 25.7 Å². The van der Waals surface area contributed by atoms with E-state index in [-0.39, 0.29) is 11.8 Å². The van der Waals surface area contributed by atoms with Crippen LogP contribution in [0, 0.1) is 0 Å². The molecule has 2 amide bonds. The van der Waals surface area contributed by atoms with Gasteiger partial charge in [0, 0.05) is 51.5 Å². The molecule has 1 saturated heterocycles. The Kier molecular flexibility index (Phi) is 5.93. The molecule has 3 rings (SSSR count). The van der Waals surface area contributed by atoms with Gasteiger partial charge < -0.3 is 14.2 Å². The molecule has 1 aliphatic rings. The molecular formula is C19H22ClN3O3. The highest BCUT2D eigenvalue weighted by atomic mass is 35.5. The Bertz CT molecular complexity index is 790. The maximum atomic E-state index is 12.5. The van der Waals surface area contributed by atoms with Crippen molar-refractivity contribution in [1.82, 2.24) is 14.8 Å². The van der Waals surface area contributed by atoms with Gasteiger partial charge in [0.05, 0.1) is 11.2 Å². The number of aromatic nitrogens is 1. The van der Waals surface area contributed by atoms with Gasteiger partial charge in [-0.3, -0.25) is 9.59 Å². The third kappa shape index (κ3) is 4.43. The zero-order valence-electron chi connectivity index (χ0n) is 14.8. The lowest BCUT2D eigenvalue weighted by Crippen LogP contribution is -2.36. The van der Waals surface area contributed by atoms with Gasteiger partial charge in [0.2, 0.25) is 11.8 Å². The summed E-state index contributed by atoms with van der Waals surface area (Å²) in [5.74, 6) is 1.25. The molecule has 0 aliphatic carbocycles. The summed E-state index contributed by atoms with van der Waals surface area (Å²) in [6.07, 6.45) is 3.22. The predicted octanol–water partition coefficient (Wildman–Crippen LogP) is 3.01. The van der Waals surface area contributed by atoms with Gasteiger partial charge in [0.25, 0.3) is 0 Å². The quantitative estimate of drug-likeness (QED) is 0.823. The molecule has 1 aromatic carbocycles. The summed E-state index contributed by atoms with van der Waals surface area (Å²) < 4.78 is 5.74. The summed E-state index contributed by atoms with van der Waals surface area (Å²) in [5.41, 5.74) is 0.788. The summed E-state index contributed by atoms with van der Waals surface area (Å²) >= 11 is 6.17. The summed E-state index contributed by atoms with van der Waals surface area (Å²) in [6, 6.07) is 7.41. The van der Waals surface area contributed by atoms with Crippen LogP contribution in [0.4, 0.5) is 0 Å². The molecule has 0 N–H and O–H groups in total. The molecule has 138 valence electrons. The van der Waals surface area contributed by atoms with E-state index in [9.17, 15) is 9.59 Å². The number of benzene rings is 1. The van der Waals surface area contributed by atoms with Gasteiger partial charge >= 0.3 is 0 Å². The van der Waals surface area contributed by atoms with Crippen molar-refractivity contribution in [1.29, 1.82) is 0 Å². The van der Waals surface area contributed by atoms with Crippen molar-refractivity contribution in [2.24, 2.45) is 0 Å². The number of amides is 2. The molecule has 26 heavy (non-hydrogen) atoms. The molecule has 0 radical (unpaired) electrons. The number of aryl methyl sites for hydroxylation is 1. The smallest absolute Gasteiger partial charge is 0.223 e. The van der Waals surface area contributed by atoms with Gasteiger partial charge in [0.15, 0.2) is 11.7 Å². The minimum Gasteiger partial charge on any atom is -0.441 e. The van der Waals surface area contributed by atoms with E-state index in [1.165, 1.54) is 0 Å². The molecule has 7 heteroatoms. The second kappa shape index (κ2) is 8.36. The number of carbonyl (C=O) groups is 2. The summed E-state index contributed by atoms with van der Waals surface area (Å²) in [5, 5.41) is 0.603. The van der Waals surface area contributed by atoms with Crippen LogP contribution in [-0.4, -0.2) is 52.8 Å². The third-order valence-corrected chi connectivity index (χ3v) is 4.87. The fraction of sp³-hybridized carbons (Fsp3) is 0.421. The average Bonchev–Trinajstić information content (AvgIpc) is 2.94. The van der Waals surface area contributed by atoms with E-state index in [0.717, 1.165) is 12.0 Å². The van der Waals surface area contributed by atoms with Crippen LogP contribution in [0.3, 0.4) is 0 Å². The monoisotopic (exact) mass is 375 g/mol. The van der Waals surface area contributed by atoms with Crippen molar-refractivity contribution >= 4 is 23.4 Å². The molecule has 6 nitrogen and oxygen atoms in total. The Morgan fingerprint density at radius 3 is 2.65 bits per heavy atom. The normalized spacial score (nSPS) is 15.0. The number of hydrogen-bond acceptors (Lipinski definition) is 4. The van der Waals surface area contributed by atoms with Gasteiger partial charge in [-0.25, -0.2) is 4.98 Å². The molecule has 1 aromatic heterocycles. The van der Waals surface area contributed by atoms with Gasteiger partial charge in [-0.05, 0) is 18.6 Å². The van der Waals surface area contributed by atoms with Gasteiger partial charge in [-0.15, -0.1) is 0 Å². The lowest BCUT2D eigenvalue weighted by atomic mass is 10.2. The van der Waals surface area contributed by atoms with Crippen molar-refractivity contribution in [3.8, 4) is 11.3 Å². The molecule has 0 atom stereocenters. The van der Waals surface area contributed by atoms with Crippen molar-refractivity contribution in [3.05, 3.63) is 41.4 Å². The zero-order chi connectivity index (χ0) is 18.5. The van der Waals surface area contributed by atoms with Crippen LogP contribution in [-0.2, 0) is 16.0 Å². The SMILES string of the molecule is CC(=O)N1CCCN(C(=O)CCc2ncc(-c3ccccc3Cl)o2)CC1. The highest BCUT2D eigenvalue weighted by Gasteiger charge is 2.20. The molecule has 0 saturated carbocycles. The van der Waals surface area contributed by atoms with E-state index in [2.05, 4.69) is 4.98 Å². The average molecular weight is 376 g/mol. The zero-order valence-corrected chi connectivity index (χ0v) is 15.5. The fourth-order valence-corrected chi connectivity index (χ4v) is 3.29. The number of oxazole rings is 1. The second-order valence-corrected chi connectivity index (χ2v) is 6.75. The summed E-state index contributed by atoms with van der Waals surface area (Å²) in [7, 11) is 0. The Morgan fingerprint density at radius 1 is 1.15 bits per heavy atom. The minimum absolute atomic E-state index is 0.0613. The second-order valence-electron chi connectivity index (χ2n) is 6.34. The van der Waals surface area contributed by atoms with Crippen LogP contribution in [0.2, 0.25) is 5.02 Å². The summed E-state index contributed by atoms with van der Waals surface area (Å²) in [6.45, 7) is 4.13. The van der Waals surface area contributed by atoms with E-state index in [1.807, 2.05) is 23.1 Å². The van der Waals surface area contributed by atoms with Gasteiger partial charge in [-0.1, -0.05) is 23.7 Å². The Hall–Kier alpha value is -2.34. The predicted molar refractivity (Wildman–Crippen MR) is 98.7 cm³/mol. The van der Waals surface area contributed by atoms with Gasteiger partial charge in [-0.2, -0.15) is 0 Å². The first-order valence-corrected chi connectivity index (χ1v) is 9.15. The van der Waals surface area contributed by atoms with E-state index < -0.39 is 0 Å². The maximum absolute atomic E-state index is 12.5. The van der Waals surface area contributed by atoms with Crippen molar-refractivity contribution < 1.29 is 14.0 Å². The number of halogens is 1. The largest absolute Gasteiger partial charge is 0.441 e. The van der Waals surface area contributed by atoms with Crippen LogP contribution in [0.15, 0.2) is 34.9 Å². The molecular weight excluding hydrogens is 354 g/mol. The Morgan fingerprint density at radius 2 is 1.88 bits per heavy atom. The van der Waals surface area contributed by atoms with E-state index >= 15 is 0 Å². The number of hydrogen-bond donors (Lipinski definition) is 0. The lowest BCUT2D eigenvalue weighted by molar-refractivity contribution is -0.132. The fourth-order valence-electron chi connectivity index (χ4n) is 3.07. The molecule has 0 unspecified atom stereocenters. The first-order chi connectivity index (χ1) is 12.5. The molecule has 1 aliphatic heterocycles. The van der Waals surface area contributed by atoms with Crippen LogP contribution in [0.25, 0.3) is 11.3 Å². The molecule has 2 aromatic rings. The Balaban J connectivity index is 1.55. The number of rotatable bonds is 4. The van der Waals surface area contributed by atoms with Crippen LogP contribution < -0.4 is 0 Å². The van der Waals surface area contributed by atoms with Crippen LogP contribution >= 0.6 is 11.6 Å². The van der Waals surface area contributed by atoms with Crippen molar-refractivity contribution in [3.63, 3.8) is 0 Å². The minimum atomic E-state index is 0.0613. The molecule has 2 heterocycles. The standard InChI is InChI=1S/C19H22ClN3O3/c1-14(24)22-9-4-10-23(12-11-22)19(25)8-7-18-21-13-17(26-18)15-5-2-3-6-16(15)20/h2-3,5-6,13H,4,7-12H2,1H3. The summed E-state index contributed by atoms with van der Waals surface area (Å²) in [4.78, 5) is 31.8. The van der Waals surface area contributed by atoms with E-state index in [0.29, 0.717) is 55.7 Å². The molecule has 0 spiro atoms. The number of carbonyl (C=O) groups excluding carboxylic acids is 2. The first-order valence-electron chi connectivity index (χ1n) is 8.77. The Labute approximate surface area is 157 Å². The highest BCUT2D eigenvalue weighted by Crippen LogP contribution is 2.28. The molecule has 1 fully saturated rings. The van der Waals surface area contributed by atoms with Crippen molar-refractivity contribution in [2.75, 3.05) is 26.2 Å². The van der Waals surface area contributed by atoms with Crippen LogP contribution in [0.5, 0.6) is 0 Å². The number of nitrogens with zero attached hydrogens (tertiary/aromatic N) is 3. The van der Waals surface area contributed by atoms with Gasteiger partial charge in [0.1, 0.15) is 0 Å². The van der Waals surface area contributed by atoms with Crippen molar-refractivity contribution in [2.45, 2.75) is 26.2 Å². The maximum Gasteiger partial charge on any atom is 0.223 e. The first kappa shape index (κ1) is 18.5. The van der Waals surface area contributed by atoms with E-state index in [4.69, 9.17) is 16.0 Å². The highest BCUT2D eigenvalue weighted by molar-refractivity contribution is 6.33. The topological polar surface area (TPSA) is 66.7 Å². The lowest BCUT2D eigenvalue weighted by Gasteiger charge is -2.21. The third-order valence-electron chi connectivity index (χ3n) is 4.54. The van der Waals surface area contributed by atoms with E-state index in [1.54, 1.807) is 24.1 Å².